The van der Waals surface area contributed by atoms with Gasteiger partial charge in [-0.15, -0.1) is 0 Å². The molecule has 0 unspecified atom stereocenters. The van der Waals surface area contributed by atoms with E-state index in [1.54, 1.807) is 0 Å². The van der Waals surface area contributed by atoms with E-state index >= 15 is 0 Å². The third kappa shape index (κ3) is 16.5. The maximum atomic E-state index is 10.4. The van der Waals surface area contributed by atoms with E-state index in [0.29, 0.717) is 0 Å². The molecule has 0 aromatic rings. The van der Waals surface area contributed by atoms with Crippen LogP contribution in [0.5, 0.6) is 0 Å². The number of phosphoric ester groups is 1. The van der Waals surface area contributed by atoms with E-state index in [0.717, 1.165) is 25.0 Å². The van der Waals surface area contributed by atoms with Crippen molar-refractivity contribution < 1.29 is 18.9 Å². The van der Waals surface area contributed by atoms with Gasteiger partial charge in [0.05, 0.1) is 6.61 Å². The molecule has 0 saturated heterocycles. The summed E-state index contributed by atoms with van der Waals surface area (Å²) in [7, 11) is -4.25. The molecule has 6 heteroatoms. The van der Waals surface area contributed by atoms with Gasteiger partial charge in [-0.1, -0.05) is 44.9 Å². The first-order valence-corrected chi connectivity index (χ1v) is 8.53. The SMILES string of the molecule is O=P(O)(O)OCCCCCCCCCCCS. The predicted molar refractivity (Wildman–Crippen MR) is 73.4 cm³/mol. The molecule has 0 heterocycles. The Balaban J connectivity index is 3.01. The zero-order chi connectivity index (χ0) is 13.0. The first-order valence-electron chi connectivity index (χ1n) is 6.37. The van der Waals surface area contributed by atoms with Crippen LogP contribution in [-0.2, 0) is 9.09 Å². The molecule has 2 N–H and O–H groups in total. The van der Waals surface area contributed by atoms with Crippen molar-refractivity contribution in [3.05, 3.63) is 0 Å². The molecule has 0 aliphatic heterocycles. The molecule has 0 spiro atoms. The molecule has 104 valence electrons. The minimum atomic E-state index is -4.25. The zero-order valence-electron chi connectivity index (χ0n) is 10.4. The number of rotatable bonds is 12. The predicted octanol–water partition coefficient (Wildman–Crippen LogP) is 3.54. The lowest BCUT2D eigenvalue weighted by Crippen LogP contribution is -1.92. The second-order valence-electron chi connectivity index (χ2n) is 4.23. The van der Waals surface area contributed by atoms with Gasteiger partial charge in [0, 0.05) is 0 Å². The van der Waals surface area contributed by atoms with Gasteiger partial charge < -0.3 is 9.79 Å². The Kier molecular flexibility index (Phi) is 11.9. The standard InChI is InChI=1S/C11H25O4PS/c12-16(13,14)15-10-8-6-4-2-1-3-5-7-9-11-17/h17H,1-11H2,(H2,12,13,14). The molecule has 0 amide bonds. The van der Waals surface area contributed by atoms with E-state index in [1.807, 2.05) is 0 Å². The Morgan fingerprint density at radius 3 is 1.65 bits per heavy atom. The fourth-order valence-corrected chi connectivity index (χ4v) is 2.23. The molecule has 4 nitrogen and oxygen atoms in total. The summed E-state index contributed by atoms with van der Waals surface area (Å²) in [5.74, 6) is 0.986. The quantitative estimate of drug-likeness (QED) is 0.291. The highest BCUT2D eigenvalue weighted by atomic mass is 32.1. The summed E-state index contributed by atoms with van der Waals surface area (Å²) in [5, 5.41) is 0. The molecule has 0 aliphatic carbocycles. The van der Waals surface area contributed by atoms with Gasteiger partial charge in [0.2, 0.25) is 0 Å². The van der Waals surface area contributed by atoms with Crippen LogP contribution in [0.3, 0.4) is 0 Å². The molecule has 0 fully saturated rings. The average Bonchev–Trinajstić information content (AvgIpc) is 2.24. The van der Waals surface area contributed by atoms with Crippen molar-refractivity contribution in [1.29, 1.82) is 0 Å². The van der Waals surface area contributed by atoms with Crippen LogP contribution in [0, 0.1) is 0 Å². The molecule has 0 atom stereocenters. The molecule has 0 bridgehead atoms. The highest BCUT2D eigenvalue weighted by molar-refractivity contribution is 7.80. The first-order chi connectivity index (χ1) is 8.06. The van der Waals surface area contributed by atoms with Crippen molar-refractivity contribution in [1.82, 2.24) is 0 Å². The second kappa shape index (κ2) is 11.5. The molecule has 0 saturated carbocycles. The van der Waals surface area contributed by atoms with E-state index in [1.165, 1.54) is 38.5 Å². The molecule has 0 aliphatic rings. The average molecular weight is 284 g/mol. The van der Waals surface area contributed by atoms with Crippen molar-refractivity contribution in [3.63, 3.8) is 0 Å². The van der Waals surface area contributed by atoms with Crippen LogP contribution in [0.1, 0.15) is 57.8 Å². The maximum Gasteiger partial charge on any atom is 0.469 e. The van der Waals surface area contributed by atoms with Gasteiger partial charge in [0.25, 0.3) is 0 Å². The van der Waals surface area contributed by atoms with E-state index in [9.17, 15) is 4.57 Å². The fraction of sp³-hybridized carbons (Fsp3) is 1.00. The lowest BCUT2D eigenvalue weighted by atomic mass is 10.1. The van der Waals surface area contributed by atoms with Crippen LogP contribution >= 0.6 is 20.5 Å². The summed E-state index contributed by atoms with van der Waals surface area (Å²) in [6.45, 7) is 0.159. The van der Waals surface area contributed by atoms with Crippen LogP contribution in [-0.4, -0.2) is 22.1 Å². The Hall–Kier alpha value is 0.460. The van der Waals surface area contributed by atoms with Crippen LogP contribution in [0.25, 0.3) is 0 Å². The fourth-order valence-electron chi connectivity index (χ4n) is 1.63. The number of unbranched alkanes of at least 4 members (excludes halogenated alkanes) is 8. The van der Waals surface area contributed by atoms with Crippen molar-refractivity contribution in [2.75, 3.05) is 12.4 Å². The molecule has 17 heavy (non-hydrogen) atoms. The number of thiol groups is 1. The smallest absolute Gasteiger partial charge is 0.303 e. The largest absolute Gasteiger partial charge is 0.469 e. The van der Waals surface area contributed by atoms with Crippen molar-refractivity contribution in [2.24, 2.45) is 0 Å². The highest BCUT2D eigenvalue weighted by Gasteiger charge is 2.12. The summed E-state index contributed by atoms with van der Waals surface area (Å²) in [4.78, 5) is 16.9. The lowest BCUT2D eigenvalue weighted by Gasteiger charge is -2.04. The topological polar surface area (TPSA) is 66.8 Å². The lowest BCUT2D eigenvalue weighted by molar-refractivity contribution is 0.193. The second-order valence-corrected chi connectivity index (χ2v) is 5.92. The van der Waals surface area contributed by atoms with Gasteiger partial charge >= 0.3 is 7.82 Å². The van der Waals surface area contributed by atoms with E-state index < -0.39 is 7.82 Å². The van der Waals surface area contributed by atoms with Gasteiger partial charge in [-0.25, -0.2) is 4.57 Å². The molecule has 0 aromatic heterocycles. The van der Waals surface area contributed by atoms with Gasteiger partial charge in [-0.05, 0) is 18.6 Å². The number of hydrogen-bond acceptors (Lipinski definition) is 3. The van der Waals surface area contributed by atoms with Crippen LogP contribution in [0.15, 0.2) is 0 Å². The molecule has 0 aromatic carbocycles. The van der Waals surface area contributed by atoms with E-state index in [4.69, 9.17) is 9.79 Å². The minimum absolute atomic E-state index is 0.159. The van der Waals surface area contributed by atoms with Crippen LogP contribution in [0.2, 0.25) is 0 Å². The third-order valence-corrected chi connectivity index (χ3v) is 3.40. The van der Waals surface area contributed by atoms with Gasteiger partial charge in [0.1, 0.15) is 0 Å². The van der Waals surface area contributed by atoms with E-state index in [-0.39, 0.29) is 6.61 Å². The minimum Gasteiger partial charge on any atom is -0.303 e. The Morgan fingerprint density at radius 1 is 0.824 bits per heavy atom. The summed E-state index contributed by atoms with van der Waals surface area (Å²) in [6, 6.07) is 0. The highest BCUT2D eigenvalue weighted by Crippen LogP contribution is 2.35. The van der Waals surface area contributed by atoms with Gasteiger partial charge in [-0.2, -0.15) is 12.6 Å². The zero-order valence-corrected chi connectivity index (χ0v) is 12.2. The molecular weight excluding hydrogens is 259 g/mol. The number of hydrogen-bond donors (Lipinski definition) is 3. The Bertz CT molecular complexity index is 208. The van der Waals surface area contributed by atoms with Crippen molar-refractivity contribution in [2.45, 2.75) is 57.8 Å². The first kappa shape index (κ1) is 17.5. The maximum absolute atomic E-state index is 10.4. The van der Waals surface area contributed by atoms with Gasteiger partial charge in [0.15, 0.2) is 0 Å². The van der Waals surface area contributed by atoms with Gasteiger partial charge in [-0.3, -0.25) is 4.52 Å². The van der Waals surface area contributed by atoms with Crippen molar-refractivity contribution in [3.8, 4) is 0 Å². The monoisotopic (exact) mass is 284 g/mol. The summed E-state index contributed by atoms with van der Waals surface area (Å²) in [6.07, 6.45) is 10.4. The summed E-state index contributed by atoms with van der Waals surface area (Å²) < 4.78 is 14.7. The molecular formula is C11H25O4PS. The van der Waals surface area contributed by atoms with Crippen LogP contribution < -0.4 is 0 Å². The van der Waals surface area contributed by atoms with Crippen molar-refractivity contribution >= 4 is 20.5 Å². The third-order valence-electron chi connectivity index (χ3n) is 2.56. The van der Waals surface area contributed by atoms with E-state index in [2.05, 4.69) is 17.2 Å². The Morgan fingerprint density at radius 2 is 1.24 bits per heavy atom. The summed E-state index contributed by atoms with van der Waals surface area (Å²) >= 11 is 4.16. The molecule has 0 rings (SSSR count). The normalized spacial score (nSPS) is 11.9. The number of phosphoric acid groups is 1. The van der Waals surface area contributed by atoms with Crippen LogP contribution in [0.4, 0.5) is 0 Å². The molecule has 0 radical (unpaired) electrons. The Labute approximate surface area is 110 Å². The summed E-state index contributed by atoms with van der Waals surface area (Å²) in [5.41, 5.74) is 0.